The molecule has 18 heavy (non-hydrogen) atoms. The van der Waals surface area contributed by atoms with Gasteiger partial charge in [0.15, 0.2) is 0 Å². The minimum absolute atomic E-state index is 0.433. The first kappa shape index (κ1) is 10.9. The lowest BCUT2D eigenvalue weighted by molar-refractivity contribution is 0.359. The van der Waals surface area contributed by atoms with Gasteiger partial charge in [0.2, 0.25) is 0 Å². The molecule has 2 N–H and O–H groups in total. The molecule has 0 amide bonds. The fourth-order valence-corrected chi connectivity index (χ4v) is 2.31. The van der Waals surface area contributed by atoms with Crippen molar-refractivity contribution in [2.75, 3.05) is 23.7 Å². The van der Waals surface area contributed by atoms with Gasteiger partial charge in [-0.25, -0.2) is 14.6 Å². The summed E-state index contributed by atoms with van der Waals surface area (Å²) in [6.45, 7) is 1.89. The van der Waals surface area contributed by atoms with Crippen molar-refractivity contribution in [1.29, 1.82) is 0 Å². The van der Waals surface area contributed by atoms with E-state index in [1.807, 2.05) is 16.9 Å². The zero-order valence-electron chi connectivity index (χ0n) is 9.98. The van der Waals surface area contributed by atoms with Gasteiger partial charge in [0.05, 0.1) is 12.2 Å². The Labute approximate surface area is 105 Å². The molecule has 0 aromatic carbocycles. The first-order chi connectivity index (χ1) is 8.83. The third kappa shape index (κ3) is 2.11. The van der Waals surface area contributed by atoms with Crippen molar-refractivity contribution in [1.82, 2.24) is 25.0 Å². The molecule has 3 heterocycles. The second kappa shape index (κ2) is 4.59. The van der Waals surface area contributed by atoms with Crippen LogP contribution in [-0.2, 0) is 0 Å². The number of hydrogen-bond donors (Lipinski definition) is 1. The van der Waals surface area contributed by atoms with E-state index in [2.05, 4.69) is 25.2 Å². The molecule has 94 valence electrons. The van der Waals surface area contributed by atoms with Crippen LogP contribution >= 0.6 is 0 Å². The maximum Gasteiger partial charge on any atom is 0.134 e. The Balaban J connectivity index is 1.67. The molecule has 2 aromatic rings. The first-order valence-electron chi connectivity index (χ1n) is 6.01. The number of nitrogen functional groups attached to an aromatic ring is 1. The predicted octanol–water partition coefficient (Wildman–Crippen LogP) is 0.492. The van der Waals surface area contributed by atoms with Crippen molar-refractivity contribution in [3.8, 4) is 0 Å². The van der Waals surface area contributed by atoms with Gasteiger partial charge >= 0.3 is 0 Å². The van der Waals surface area contributed by atoms with E-state index in [1.54, 1.807) is 6.20 Å². The van der Waals surface area contributed by atoms with Crippen LogP contribution in [0, 0.1) is 0 Å². The number of piperidine rings is 1. The van der Waals surface area contributed by atoms with Gasteiger partial charge in [0.1, 0.15) is 18.0 Å². The van der Waals surface area contributed by atoms with Crippen LogP contribution in [0.3, 0.4) is 0 Å². The summed E-state index contributed by atoms with van der Waals surface area (Å²) in [6, 6.07) is 2.25. The van der Waals surface area contributed by atoms with Crippen molar-refractivity contribution in [2.24, 2.45) is 0 Å². The SMILES string of the molecule is Nc1cc(N2CCC(n3ccnn3)CC2)ncn1. The highest BCUT2D eigenvalue weighted by Crippen LogP contribution is 2.24. The van der Waals surface area contributed by atoms with Crippen LogP contribution in [-0.4, -0.2) is 38.1 Å². The van der Waals surface area contributed by atoms with Crippen LogP contribution in [0.5, 0.6) is 0 Å². The summed E-state index contributed by atoms with van der Waals surface area (Å²) >= 11 is 0. The number of rotatable bonds is 2. The largest absolute Gasteiger partial charge is 0.384 e. The lowest BCUT2D eigenvalue weighted by atomic mass is 10.1. The summed E-state index contributed by atoms with van der Waals surface area (Å²) in [6.07, 6.45) is 7.22. The summed E-state index contributed by atoms with van der Waals surface area (Å²) in [5, 5.41) is 7.90. The standard InChI is InChI=1S/C11H15N7/c12-10-7-11(14-8-13-10)17-4-1-9(2-5-17)18-6-3-15-16-18/h3,6-9H,1-2,4-5H2,(H2,12,13,14). The molecule has 2 aromatic heterocycles. The van der Waals surface area contributed by atoms with Gasteiger partial charge in [0, 0.05) is 25.4 Å². The summed E-state index contributed by atoms with van der Waals surface area (Å²) in [5.41, 5.74) is 5.67. The maximum atomic E-state index is 5.67. The molecule has 1 saturated heterocycles. The fourth-order valence-electron chi connectivity index (χ4n) is 2.31. The smallest absolute Gasteiger partial charge is 0.134 e. The maximum absolute atomic E-state index is 5.67. The molecule has 0 radical (unpaired) electrons. The molecule has 1 fully saturated rings. The Hall–Kier alpha value is -2.18. The van der Waals surface area contributed by atoms with E-state index in [4.69, 9.17) is 5.73 Å². The average Bonchev–Trinajstić information content (AvgIpc) is 2.93. The van der Waals surface area contributed by atoms with E-state index in [0.717, 1.165) is 31.7 Å². The summed E-state index contributed by atoms with van der Waals surface area (Å²) in [4.78, 5) is 10.4. The van der Waals surface area contributed by atoms with Gasteiger partial charge in [-0.05, 0) is 12.8 Å². The molecular formula is C11H15N7. The van der Waals surface area contributed by atoms with Crippen molar-refractivity contribution >= 4 is 11.6 Å². The van der Waals surface area contributed by atoms with Crippen LogP contribution in [0.15, 0.2) is 24.8 Å². The summed E-state index contributed by atoms with van der Waals surface area (Å²) < 4.78 is 1.94. The molecule has 7 nitrogen and oxygen atoms in total. The van der Waals surface area contributed by atoms with Crippen LogP contribution in [0.2, 0.25) is 0 Å². The molecule has 1 aliphatic rings. The second-order valence-corrected chi connectivity index (χ2v) is 4.40. The van der Waals surface area contributed by atoms with E-state index < -0.39 is 0 Å². The van der Waals surface area contributed by atoms with Gasteiger partial charge in [-0.2, -0.15) is 0 Å². The quantitative estimate of drug-likeness (QED) is 0.828. The molecule has 0 bridgehead atoms. The summed E-state index contributed by atoms with van der Waals surface area (Å²) in [5.74, 6) is 1.41. The Morgan fingerprint density at radius 3 is 2.72 bits per heavy atom. The van der Waals surface area contributed by atoms with Crippen LogP contribution in [0.1, 0.15) is 18.9 Å². The molecule has 0 unspecified atom stereocenters. The molecule has 7 heteroatoms. The van der Waals surface area contributed by atoms with Crippen LogP contribution < -0.4 is 10.6 Å². The van der Waals surface area contributed by atoms with Gasteiger partial charge in [-0.3, -0.25) is 0 Å². The minimum Gasteiger partial charge on any atom is -0.384 e. The molecule has 0 spiro atoms. The number of anilines is 2. The first-order valence-corrected chi connectivity index (χ1v) is 6.01. The molecule has 1 aliphatic heterocycles. The third-order valence-corrected chi connectivity index (χ3v) is 3.28. The molecule has 0 atom stereocenters. The lowest BCUT2D eigenvalue weighted by Crippen LogP contribution is -2.35. The van der Waals surface area contributed by atoms with E-state index >= 15 is 0 Å². The lowest BCUT2D eigenvalue weighted by Gasteiger charge is -2.32. The molecule has 3 rings (SSSR count). The number of aromatic nitrogens is 5. The van der Waals surface area contributed by atoms with Crippen LogP contribution in [0.4, 0.5) is 11.6 Å². The van der Waals surface area contributed by atoms with Crippen LogP contribution in [0.25, 0.3) is 0 Å². The monoisotopic (exact) mass is 245 g/mol. The van der Waals surface area contributed by atoms with Gasteiger partial charge in [-0.15, -0.1) is 5.10 Å². The molecular weight excluding hydrogens is 230 g/mol. The van der Waals surface area contributed by atoms with Crippen molar-refractivity contribution in [3.05, 3.63) is 24.8 Å². The summed E-state index contributed by atoms with van der Waals surface area (Å²) in [7, 11) is 0. The van der Waals surface area contributed by atoms with Gasteiger partial charge < -0.3 is 10.6 Å². The minimum atomic E-state index is 0.433. The number of nitrogens with zero attached hydrogens (tertiary/aromatic N) is 6. The zero-order chi connectivity index (χ0) is 12.4. The van der Waals surface area contributed by atoms with E-state index in [9.17, 15) is 0 Å². The normalized spacial score (nSPS) is 17.0. The van der Waals surface area contributed by atoms with Crippen molar-refractivity contribution < 1.29 is 0 Å². The highest BCUT2D eigenvalue weighted by molar-refractivity contribution is 5.46. The highest BCUT2D eigenvalue weighted by atomic mass is 15.4. The Morgan fingerprint density at radius 1 is 1.22 bits per heavy atom. The van der Waals surface area contributed by atoms with E-state index in [1.165, 1.54) is 6.33 Å². The Kier molecular flexibility index (Phi) is 2.79. The molecule has 0 saturated carbocycles. The topological polar surface area (TPSA) is 85.8 Å². The molecule has 0 aliphatic carbocycles. The average molecular weight is 245 g/mol. The Bertz CT molecular complexity index is 502. The number of nitrogens with two attached hydrogens (primary N) is 1. The fraction of sp³-hybridized carbons (Fsp3) is 0.455. The number of hydrogen-bond acceptors (Lipinski definition) is 6. The van der Waals surface area contributed by atoms with Gasteiger partial charge in [0.25, 0.3) is 0 Å². The van der Waals surface area contributed by atoms with Crippen molar-refractivity contribution in [2.45, 2.75) is 18.9 Å². The zero-order valence-corrected chi connectivity index (χ0v) is 9.98. The van der Waals surface area contributed by atoms with Gasteiger partial charge in [-0.1, -0.05) is 5.21 Å². The highest BCUT2D eigenvalue weighted by Gasteiger charge is 2.21. The second-order valence-electron chi connectivity index (χ2n) is 4.40. The Morgan fingerprint density at radius 2 is 2.06 bits per heavy atom. The third-order valence-electron chi connectivity index (χ3n) is 3.28. The van der Waals surface area contributed by atoms with Crippen molar-refractivity contribution in [3.63, 3.8) is 0 Å². The predicted molar refractivity (Wildman–Crippen MR) is 67.0 cm³/mol. The van der Waals surface area contributed by atoms with E-state index in [0.29, 0.717) is 11.9 Å². The van der Waals surface area contributed by atoms with E-state index in [-0.39, 0.29) is 0 Å².